The molecule has 0 spiro atoms. The Morgan fingerprint density at radius 3 is 2.81 bits per heavy atom. The van der Waals surface area contributed by atoms with Gasteiger partial charge in [0.2, 0.25) is 0 Å². The molecule has 0 saturated heterocycles. The zero-order valence-corrected chi connectivity index (χ0v) is 14.7. The van der Waals surface area contributed by atoms with Crippen LogP contribution >= 0.6 is 0 Å². The number of rotatable bonds is 6. The predicted octanol–water partition coefficient (Wildman–Crippen LogP) is 3.03. The zero-order valence-electron chi connectivity index (χ0n) is 14.7. The number of amides is 1. The van der Waals surface area contributed by atoms with Crippen LogP contribution < -0.4 is 5.32 Å². The van der Waals surface area contributed by atoms with Crippen LogP contribution in [-0.4, -0.2) is 31.7 Å². The number of benzene rings is 1. The van der Waals surface area contributed by atoms with Gasteiger partial charge in [0.1, 0.15) is 0 Å². The van der Waals surface area contributed by atoms with Gasteiger partial charge in [0.05, 0.1) is 17.5 Å². The fraction of sp³-hybridized carbons (Fsp3) is 0.263. The molecule has 2 N–H and O–H groups in total. The Bertz CT molecular complexity index is 978. The highest BCUT2D eigenvalue weighted by Gasteiger charge is 2.14. The first kappa shape index (κ1) is 17.6. The first-order valence-electron chi connectivity index (χ1n) is 8.43. The van der Waals surface area contributed by atoms with Gasteiger partial charge in [0, 0.05) is 24.0 Å². The number of fused-ring (bicyclic) bond motifs is 1. The van der Waals surface area contributed by atoms with Crippen molar-refractivity contribution in [2.75, 3.05) is 5.32 Å². The first-order valence-corrected chi connectivity index (χ1v) is 8.43. The Morgan fingerprint density at radius 1 is 1.27 bits per heavy atom. The quantitative estimate of drug-likeness (QED) is 0.711. The van der Waals surface area contributed by atoms with Gasteiger partial charge >= 0.3 is 5.97 Å². The van der Waals surface area contributed by atoms with E-state index in [4.69, 9.17) is 5.11 Å². The topological polar surface area (TPSA) is 97.1 Å². The summed E-state index contributed by atoms with van der Waals surface area (Å²) in [7, 11) is 0. The van der Waals surface area contributed by atoms with Crippen LogP contribution in [0, 0.1) is 6.92 Å². The SMILES string of the molecule is CCn1ncc2cc(C(=O)Nc3cccc(CCC(=O)O)c3)c(C)nc21. The second-order valence-electron chi connectivity index (χ2n) is 6.04. The molecule has 2 aromatic heterocycles. The summed E-state index contributed by atoms with van der Waals surface area (Å²) in [5.74, 6) is -1.10. The molecule has 3 rings (SSSR count). The maximum atomic E-state index is 12.7. The summed E-state index contributed by atoms with van der Waals surface area (Å²) in [6, 6.07) is 9.00. The molecule has 0 aliphatic carbocycles. The van der Waals surface area contributed by atoms with Gasteiger partial charge in [0.25, 0.3) is 5.91 Å². The van der Waals surface area contributed by atoms with Gasteiger partial charge in [-0.25, -0.2) is 9.67 Å². The van der Waals surface area contributed by atoms with E-state index in [1.54, 1.807) is 42.1 Å². The molecule has 2 heterocycles. The van der Waals surface area contributed by atoms with E-state index in [1.165, 1.54) is 0 Å². The highest BCUT2D eigenvalue weighted by molar-refractivity contribution is 6.06. The van der Waals surface area contributed by atoms with Crippen molar-refractivity contribution < 1.29 is 14.7 Å². The molecule has 0 atom stereocenters. The molecule has 0 unspecified atom stereocenters. The van der Waals surface area contributed by atoms with E-state index in [0.29, 0.717) is 29.9 Å². The Hall–Kier alpha value is -3.22. The van der Waals surface area contributed by atoms with E-state index >= 15 is 0 Å². The molecule has 0 aliphatic rings. The highest BCUT2D eigenvalue weighted by atomic mass is 16.4. The highest BCUT2D eigenvalue weighted by Crippen LogP contribution is 2.19. The van der Waals surface area contributed by atoms with Crippen molar-refractivity contribution in [3.8, 4) is 0 Å². The smallest absolute Gasteiger partial charge is 0.303 e. The fourth-order valence-electron chi connectivity index (χ4n) is 2.81. The lowest BCUT2D eigenvalue weighted by Gasteiger charge is -2.09. The summed E-state index contributed by atoms with van der Waals surface area (Å²) >= 11 is 0. The number of carboxylic acid groups (broad SMARTS) is 1. The van der Waals surface area contributed by atoms with Gasteiger partial charge in [-0.2, -0.15) is 5.10 Å². The van der Waals surface area contributed by atoms with Crippen molar-refractivity contribution in [3.63, 3.8) is 0 Å². The Morgan fingerprint density at radius 2 is 2.08 bits per heavy atom. The van der Waals surface area contributed by atoms with Crippen molar-refractivity contribution >= 4 is 28.6 Å². The first-order chi connectivity index (χ1) is 12.5. The maximum absolute atomic E-state index is 12.7. The van der Waals surface area contributed by atoms with Crippen LogP contribution in [0.5, 0.6) is 0 Å². The number of pyridine rings is 1. The molecule has 7 nitrogen and oxygen atoms in total. The average molecular weight is 352 g/mol. The molecule has 3 aromatic rings. The average Bonchev–Trinajstić information content (AvgIpc) is 3.01. The minimum Gasteiger partial charge on any atom is -0.481 e. The number of aryl methyl sites for hydroxylation is 3. The van der Waals surface area contributed by atoms with Crippen LogP contribution in [0.4, 0.5) is 5.69 Å². The third-order valence-corrected chi connectivity index (χ3v) is 4.16. The summed E-state index contributed by atoms with van der Waals surface area (Å²) in [5, 5.41) is 16.7. The summed E-state index contributed by atoms with van der Waals surface area (Å²) < 4.78 is 1.79. The van der Waals surface area contributed by atoms with Crippen molar-refractivity contribution in [1.29, 1.82) is 0 Å². The number of carbonyl (C=O) groups excluding carboxylic acids is 1. The predicted molar refractivity (Wildman–Crippen MR) is 98.3 cm³/mol. The molecule has 1 aromatic carbocycles. The standard InChI is InChI=1S/C19H20N4O3/c1-3-23-18-14(11-20-23)10-16(12(2)21-18)19(26)22-15-6-4-5-13(9-15)7-8-17(24)25/h4-6,9-11H,3,7-8H2,1-2H3,(H,22,26)(H,24,25). The second kappa shape index (κ2) is 7.35. The van der Waals surface area contributed by atoms with Gasteiger partial charge in [0.15, 0.2) is 5.65 Å². The normalized spacial score (nSPS) is 10.8. The molecule has 1 amide bonds. The lowest BCUT2D eigenvalue weighted by Crippen LogP contribution is -2.14. The van der Waals surface area contributed by atoms with E-state index in [2.05, 4.69) is 15.4 Å². The van der Waals surface area contributed by atoms with Crippen LogP contribution in [0.1, 0.15) is 35.0 Å². The minimum atomic E-state index is -0.845. The van der Waals surface area contributed by atoms with Crippen LogP contribution in [0.2, 0.25) is 0 Å². The second-order valence-corrected chi connectivity index (χ2v) is 6.04. The Labute approximate surface area is 150 Å². The monoisotopic (exact) mass is 352 g/mol. The van der Waals surface area contributed by atoms with E-state index in [0.717, 1.165) is 16.6 Å². The van der Waals surface area contributed by atoms with Crippen molar-refractivity contribution in [3.05, 3.63) is 53.3 Å². The molecule has 0 saturated carbocycles. The number of nitrogens with zero attached hydrogens (tertiary/aromatic N) is 3. The summed E-state index contributed by atoms with van der Waals surface area (Å²) in [5.41, 5.74) is 3.37. The molecule has 0 bridgehead atoms. The van der Waals surface area contributed by atoms with Crippen molar-refractivity contribution in [2.45, 2.75) is 33.2 Å². The number of nitrogens with one attached hydrogen (secondary N) is 1. The van der Waals surface area contributed by atoms with Gasteiger partial charge in [-0.15, -0.1) is 0 Å². The number of hydrogen-bond donors (Lipinski definition) is 2. The lowest BCUT2D eigenvalue weighted by atomic mass is 10.1. The molecule has 26 heavy (non-hydrogen) atoms. The number of carboxylic acids is 1. The molecule has 0 fully saturated rings. The van der Waals surface area contributed by atoms with E-state index in [1.807, 2.05) is 13.0 Å². The third-order valence-electron chi connectivity index (χ3n) is 4.16. The summed E-state index contributed by atoms with van der Waals surface area (Å²) in [6.07, 6.45) is 2.18. The molecule has 0 aliphatic heterocycles. The zero-order chi connectivity index (χ0) is 18.7. The minimum absolute atomic E-state index is 0.0541. The number of aliphatic carboxylic acids is 1. The van der Waals surface area contributed by atoms with E-state index in [9.17, 15) is 9.59 Å². The van der Waals surface area contributed by atoms with Crippen LogP contribution in [0.3, 0.4) is 0 Å². The fourth-order valence-corrected chi connectivity index (χ4v) is 2.81. The molecule has 0 radical (unpaired) electrons. The van der Waals surface area contributed by atoms with Crippen LogP contribution in [-0.2, 0) is 17.8 Å². The molecule has 7 heteroatoms. The molecular weight excluding hydrogens is 332 g/mol. The van der Waals surface area contributed by atoms with Gasteiger partial charge in [-0.1, -0.05) is 12.1 Å². The number of hydrogen-bond acceptors (Lipinski definition) is 4. The van der Waals surface area contributed by atoms with E-state index < -0.39 is 5.97 Å². The number of anilines is 1. The summed E-state index contributed by atoms with van der Waals surface area (Å²) in [6.45, 7) is 4.50. The van der Waals surface area contributed by atoms with Gasteiger partial charge < -0.3 is 10.4 Å². The van der Waals surface area contributed by atoms with Gasteiger partial charge in [-0.05, 0) is 44.0 Å². The molecular formula is C19H20N4O3. The number of aromatic nitrogens is 3. The van der Waals surface area contributed by atoms with Crippen molar-refractivity contribution in [2.24, 2.45) is 0 Å². The number of carbonyl (C=O) groups is 2. The largest absolute Gasteiger partial charge is 0.481 e. The molecule has 134 valence electrons. The Kier molecular flexibility index (Phi) is 4.97. The third kappa shape index (κ3) is 3.72. The lowest BCUT2D eigenvalue weighted by molar-refractivity contribution is -0.136. The van der Waals surface area contributed by atoms with Crippen LogP contribution in [0.15, 0.2) is 36.5 Å². The van der Waals surface area contributed by atoms with E-state index in [-0.39, 0.29) is 12.3 Å². The van der Waals surface area contributed by atoms with Gasteiger partial charge in [-0.3, -0.25) is 9.59 Å². The maximum Gasteiger partial charge on any atom is 0.303 e. The van der Waals surface area contributed by atoms with Crippen LogP contribution in [0.25, 0.3) is 11.0 Å². The Balaban J connectivity index is 1.82. The summed E-state index contributed by atoms with van der Waals surface area (Å²) in [4.78, 5) is 27.9. The van der Waals surface area contributed by atoms with Crippen molar-refractivity contribution in [1.82, 2.24) is 14.8 Å².